The molecule has 1 aromatic rings. The molecule has 0 radical (unpaired) electrons. The Bertz CT molecular complexity index is 342. The molecule has 17 heavy (non-hydrogen) atoms. The van der Waals surface area contributed by atoms with Gasteiger partial charge >= 0.3 is 0 Å². The molecule has 2 rings (SSSR count). The third kappa shape index (κ3) is 3.30. The van der Waals surface area contributed by atoms with E-state index in [0.29, 0.717) is 18.4 Å². The summed E-state index contributed by atoms with van der Waals surface area (Å²) in [5.74, 6) is 0.382. The van der Waals surface area contributed by atoms with Crippen molar-refractivity contribution in [2.24, 2.45) is 5.92 Å². The molecule has 0 spiro atoms. The maximum atomic E-state index is 10.2. The van der Waals surface area contributed by atoms with Crippen LogP contribution in [0.4, 0.5) is 0 Å². The van der Waals surface area contributed by atoms with Crippen molar-refractivity contribution in [2.45, 2.75) is 45.3 Å². The summed E-state index contributed by atoms with van der Waals surface area (Å²) in [5, 5.41) is 18.0. The fraction of sp³-hybridized carbons (Fsp3) is 0.769. The lowest BCUT2D eigenvalue weighted by Crippen LogP contribution is -2.37. The van der Waals surface area contributed by atoms with Crippen molar-refractivity contribution in [2.75, 3.05) is 13.1 Å². The molecular weight excluding hydrogens is 214 g/mol. The normalized spacial score (nSPS) is 22.9. The Balaban J connectivity index is 1.90. The van der Waals surface area contributed by atoms with Gasteiger partial charge in [-0.05, 0) is 45.2 Å². The van der Waals surface area contributed by atoms with Crippen molar-refractivity contribution in [3.05, 3.63) is 18.0 Å². The minimum absolute atomic E-state index is 0.265. The lowest BCUT2D eigenvalue weighted by atomic mass is 9.91. The Kier molecular flexibility index (Phi) is 4.18. The molecule has 1 aliphatic rings. The molecule has 1 fully saturated rings. The topological polar surface area (TPSA) is 50.1 Å². The van der Waals surface area contributed by atoms with E-state index in [1.807, 2.05) is 16.9 Å². The number of piperidine rings is 1. The Morgan fingerprint density at radius 3 is 3.00 bits per heavy atom. The van der Waals surface area contributed by atoms with E-state index in [9.17, 15) is 5.11 Å². The Morgan fingerprint density at radius 2 is 2.41 bits per heavy atom. The van der Waals surface area contributed by atoms with Crippen molar-refractivity contribution in [3.63, 3.8) is 0 Å². The number of hydrogen-bond acceptors (Lipinski definition) is 3. The molecule has 2 heterocycles. The molecular formula is C13H23N3O. The van der Waals surface area contributed by atoms with Gasteiger partial charge in [0.1, 0.15) is 0 Å². The molecule has 2 unspecified atom stereocenters. The van der Waals surface area contributed by atoms with Gasteiger partial charge in [-0.3, -0.25) is 4.68 Å². The van der Waals surface area contributed by atoms with Crippen LogP contribution in [-0.4, -0.2) is 34.1 Å². The number of aliphatic hydroxyl groups is 1. The van der Waals surface area contributed by atoms with Crippen LogP contribution in [0.1, 0.15) is 38.4 Å². The maximum Gasteiger partial charge on any atom is 0.0650 e. The zero-order chi connectivity index (χ0) is 12.3. The van der Waals surface area contributed by atoms with Gasteiger partial charge in [0.2, 0.25) is 0 Å². The molecule has 4 nitrogen and oxygen atoms in total. The van der Waals surface area contributed by atoms with Crippen molar-refractivity contribution in [1.82, 2.24) is 15.1 Å². The predicted octanol–water partition coefficient (Wildman–Crippen LogP) is 1.37. The minimum Gasteiger partial charge on any atom is -0.392 e. The van der Waals surface area contributed by atoms with E-state index >= 15 is 0 Å². The van der Waals surface area contributed by atoms with E-state index < -0.39 is 0 Å². The molecule has 0 aromatic carbocycles. The molecule has 1 saturated heterocycles. The third-order valence-electron chi connectivity index (χ3n) is 3.49. The maximum absolute atomic E-state index is 10.2. The fourth-order valence-corrected chi connectivity index (χ4v) is 2.36. The summed E-state index contributed by atoms with van der Waals surface area (Å²) < 4.78 is 1.95. The molecule has 4 heteroatoms. The predicted molar refractivity (Wildman–Crippen MR) is 67.9 cm³/mol. The quantitative estimate of drug-likeness (QED) is 0.831. The zero-order valence-corrected chi connectivity index (χ0v) is 10.8. The molecule has 1 aromatic heterocycles. The lowest BCUT2D eigenvalue weighted by Gasteiger charge is -2.26. The molecule has 0 amide bonds. The number of rotatable bonds is 4. The molecule has 1 aliphatic heterocycles. The second-order valence-corrected chi connectivity index (χ2v) is 5.26. The number of aromatic nitrogens is 2. The Hall–Kier alpha value is -0.870. The summed E-state index contributed by atoms with van der Waals surface area (Å²) in [4.78, 5) is 0. The summed E-state index contributed by atoms with van der Waals surface area (Å²) in [5.41, 5.74) is 0.997. The van der Waals surface area contributed by atoms with Crippen LogP contribution in [0.15, 0.2) is 12.3 Å². The van der Waals surface area contributed by atoms with E-state index in [1.165, 1.54) is 6.42 Å². The second-order valence-electron chi connectivity index (χ2n) is 5.26. The van der Waals surface area contributed by atoms with Crippen LogP contribution in [-0.2, 0) is 6.42 Å². The average molecular weight is 237 g/mol. The first kappa shape index (κ1) is 12.6. The number of aliphatic hydroxyl groups excluding tert-OH is 1. The van der Waals surface area contributed by atoms with Gasteiger partial charge < -0.3 is 10.4 Å². The van der Waals surface area contributed by atoms with Gasteiger partial charge in [0.05, 0.1) is 11.8 Å². The first-order valence-electron chi connectivity index (χ1n) is 6.59. The summed E-state index contributed by atoms with van der Waals surface area (Å²) in [6.07, 6.45) is 4.69. The highest BCUT2D eigenvalue weighted by Gasteiger charge is 2.22. The molecule has 96 valence electrons. The standard InChI is InChI=1S/C13H23N3O/c1-10(2)16-7-5-12(15-16)8-13(17)11-4-3-6-14-9-11/h5,7,10-11,13-14,17H,3-4,6,8-9H2,1-2H3. The summed E-state index contributed by atoms with van der Waals surface area (Å²) in [7, 11) is 0. The molecule has 0 saturated carbocycles. The van der Waals surface area contributed by atoms with Gasteiger partial charge in [-0.1, -0.05) is 0 Å². The van der Waals surface area contributed by atoms with Crippen molar-refractivity contribution >= 4 is 0 Å². The van der Waals surface area contributed by atoms with Gasteiger partial charge in [-0.25, -0.2) is 0 Å². The molecule has 2 atom stereocenters. The van der Waals surface area contributed by atoms with Gasteiger partial charge in [0, 0.05) is 25.2 Å². The average Bonchev–Trinajstić information content (AvgIpc) is 2.79. The van der Waals surface area contributed by atoms with Gasteiger partial charge in [-0.2, -0.15) is 5.10 Å². The van der Waals surface area contributed by atoms with Crippen molar-refractivity contribution in [1.29, 1.82) is 0 Å². The Morgan fingerprint density at radius 1 is 1.59 bits per heavy atom. The summed E-state index contributed by atoms with van der Waals surface area (Å²) >= 11 is 0. The van der Waals surface area contributed by atoms with Crippen LogP contribution < -0.4 is 5.32 Å². The van der Waals surface area contributed by atoms with Gasteiger partial charge in [0.25, 0.3) is 0 Å². The molecule has 2 N–H and O–H groups in total. The highest BCUT2D eigenvalue weighted by molar-refractivity contribution is 5.02. The largest absolute Gasteiger partial charge is 0.392 e. The fourth-order valence-electron chi connectivity index (χ4n) is 2.36. The highest BCUT2D eigenvalue weighted by atomic mass is 16.3. The minimum atomic E-state index is -0.265. The molecule has 0 bridgehead atoms. The van der Waals surface area contributed by atoms with Gasteiger partial charge in [-0.15, -0.1) is 0 Å². The van der Waals surface area contributed by atoms with E-state index in [4.69, 9.17) is 0 Å². The lowest BCUT2D eigenvalue weighted by molar-refractivity contribution is 0.0911. The van der Waals surface area contributed by atoms with Crippen molar-refractivity contribution in [3.8, 4) is 0 Å². The van der Waals surface area contributed by atoms with Crippen LogP contribution in [0.3, 0.4) is 0 Å². The SMILES string of the molecule is CC(C)n1ccc(CC(O)C2CCCNC2)n1. The number of nitrogens with one attached hydrogen (secondary N) is 1. The van der Waals surface area contributed by atoms with E-state index in [2.05, 4.69) is 24.3 Å². The van der Waals surface area contributed by atoms with Crippen LogP contribution in [0.5, 0.6) is 0 Å². The second kappa shape index (κ2) is 5.65. The van der Waals surface area contributed by atoms with Crippen LogP contribution in [0.2, 0.25) is 0 Å². The van der Waals surface area contributed by atoms with E-state index in [1.54, 1.807) is 0 Å². The highest BCUT2D eigenvalue weighted by Crippen LogP contribution is 2.17. The van der Waals surface area contributed by atoms with Crippen LogP contribution in [0, 0.1) is 5.92 Å². The van der Waals surface area contributed by atoms with Gasteiger partial charge in [0.15, 0.2) is 0 Å². The first-order valence-corrected chi connectivity index (χ1v) is 6.59. The summed E-state index contributed by atoms with van der Waals surface area (Å²) in [6, 6.07) is 2.40. The Labute approximate surface area is 103 Å². The van der Waals surface area contributed by atoms with Crippen LogP contribution in [0.25, 0.3) is 0 Å². The van der Waals surface area contributed by atoms with E-state index in [-0.39, 0.29) is 6.10 Å². The molecule has 0 aliphatic carbocycles. The number of nitrogens with zero attached hydrogens (tertiary/aromatic N) is 2. The third-order valence-corrected chi connectivity index (χ3v) is 3.49. The van der Waals surface area contributed by atoms with Crippen LogP contribution >= 0.6 is 0 Å². The number of hydrogen-bond donors (Lipinski definition) is 2. The zero-order valence-electron chi connectivity index (χ0n) is 10.8. The smallest absolute Gasteiger partial charge is 0.0650 e. The summed E-state index contributed by atoms with van der Waals surface area (Å²) in [6.45, 7) is 6.24. The monoisotopic (exact) mass is 237 g/mol. The van der Waals surface area contributed by atoms with E-state index in [0.717, 1.165) is 25.2 Å². The first-order chi connectivity index (χ1) is 8.16. The van der Waals surface area contributed by atoms with Crippen molar-refractivity contribution < 1.29 is 5.11 Å².